The third kappa shape index (κ3) is 5.27. The van der Waals surface area contributed by atoms with Gasteiger partial charge in [0.1, 0.15) is 10.3 Å². The highest BCUT2D eigenvalue weighted by atomic mass is 35.5. The van der Waals surface area contributed by atoms with Crippen molar-refractivity contribution in [2.45, 2.75) is 65.1 Å². The zero-order chi connectivity index (χ0) is 24.7. The Morgan fingerprint density at radius 3 is 2.39 bits per heavy atom. The van der Waals surface area contributed by atoms with Gasteiger partial charge in [-0.3, -0.25) is 4.98 Å². The molecule has 0 atom stereocenters. The van der Waals surface area contributed by atoms with Crippen molar-refractivity contribution in [1.29, 1.82) is 0 Å². The van der Waals surface area contributed by atoms with E-state index in [-0.39, 0.29) is 31.9 Å². The van der Waals surface area contributed by atoms with Gasteiger partial charge in [-0.25, -0.2) is 14.3 Å². The molecule has 0 amide bonds. The van der Waals surface area contributed by atoms with Crippen molar-refractivity contribution in [3.05, 3.63) is 55.4 Å². The van der Waals surface area contributed by atoms with Crippen LogP contribution >= 0.6 is 34.8 Å². The summed E-state index contributed by atoms with van der Waals surface area (Å²) in [7, 11) is -1.93. The molecule has 0 saturated heterocycles. The van der Waals surface area contributed by atoms with Crippen LogP contribution in [0.2, 0.25) is 33.5 Å². The lowest BCUT2D eigenvalue weighted by Gasteiger charge is -2.36. The van der Waals surface area contributed by atoms with Crippen LogP contribution in [0.4, 0.5) is 0 Å². The van der Waals surface area contributed by atoms with Crippen LogP contribution in [0.5, 0.6) is 0 Å². The summed E-state index contributed by atoms with van der Waals surface area (Å²) in [5.74, 6) is 0.0432. The van der Waals surface area contributed by atoms with Crippen molar-refractivity contribution in [2.75, 3.05) is 6.61 Å². The molecule has 0 fully saturated rings. The molecule has 0 aliphatic carbocycles. The molecule has 0 saturated carbocycles. The zero-order valence-electron chi connectivity index (χ0n) is 20.0. The van der Waals surface area contributed by atoms with Crippen molar-refractivity contribution in [3.8, 4) is 5.69 Å². The van der Waals surface area contributed by atoms with Crippen LogP contribution in [0.3, 0.4) is 0 Å². The topological polar surface area (TPSA) is 69.9 Å². The molecule has 10 heteroatoms. The van der Waals surface area contributed by atoms with Crippen LogP contribution in [0.15, 0.2) is 23.1 Å². The molecule has 178 valence electrons. The largest absolute Gasteiger partial charge is 0.416 e. The van der Waals surface area contributed by atoms with Crippen molar-refractivity contribution < 1.29 is 4.43 Å². The molecule has 0 N–H and O–H groups in total. The Bertz CT molecular complexity index is 1250. The molecule has 6 nitrogen and oxygen atoms in total. The first-order valence-electron chi connectivity index (χ1n) is 10.8. The molecule has 3 heterocycles. The molecule has 33 heavy (non-hydrogen) atoms. The summed E-state index contributed by atoms with van der Waals surface area (Å²) in [5, 5.41) is 0.876. The Labute approximate surface area is 210 Å². The first-order chi connectivity index (χ1) is 15.2. The van der Waals surface area contributed by atoms with Crippen molar-refractivity contribution in [1.82, 2.24) is 19.5 Å². The molecule has 0 aliphatic rings. The van der Waals surface area contributed by atoms with Gasteiger partial charge in [0.05, 0.1) is 21.8 Å². The molecule has 3 rings (SSSR count). The normalized spacial score (nSPS) is 12.7. The quantitative estimate of drug-likeness (QED) is 0.200. The van der Waals surface area contributed by atoms with E-state index in [0.717, 1.165) is 11.3 Å². The number of halogens is 3. The minimum atomic E-state index is -1.93. The van der Waals surface area contributed by atoms with Gasteiger partial charge in [-0.15, -0.1) is 0 Å². The molecule has 3 aromatic heterocycles. The van der Waals surface area contributed by atoms with Crippen LogP contribution in [0.25, 0.3) is 16.7 Å². The number of rotatable bonds is 6. The summed E-state index contributed by atoms with van der Waals surface area (Å²) in [6.07, 6.45) is 2.36. The predicted octanol–water partition coefficient (Wildman–Crippen LogP) is 6.82. The number of nitrogens with zero attached hydrogens (tertiary/aromatic N) is 4. The lowest BCUT2D eigenvalue weighted by atomic mass is 10.0. The standard InChI is InChI=1S/C23H29Cl3N4O2Si/c1-13(2)17-18(14(8-10-27-17)9-11-32-33(6,7)23(3,4)5)30-21-15(19(25)29-22(30)31)12-16(24)20(26)28-21/h8,10,12-13H,9,11H2,1-7H3. The van der Waals surface area contributed by atoms with Gasteiger partial charge < -0.3 is 4.43 Å². The first kappa shape index (κ1) is 26.1. The Morgan fingerprint density at radius 2 is 1.79 bits per heavy atom. The van der Waals surface area contributed by atoms with Crippen LogP contribution < -0.4 is 5.69 Å². The van der Waals surface area contributed by atoms with Crippen LogP contribution in [-0.4, -0.2) is 34.4 Å². The summed E-state index contributed by atoms with van der Waals surface area (Å²) in [6.45, 7) is 15.6. The smallest absolute Gasteiger partial charge is 0.355 e. The fraction of sp³-hybridized carbons (Fsp3) is 0.478. The maximum Gasteiger partial charge on any atom is 0.355 e. The third-order valence-electron chi connectivity index (χ3n) is 6.18. The minimum absolute atomic E-state index is 0.0233. The monoisotopic (exact) mass is 526 g/mol. The molecule has 0 aliphatic heterocycles. The van der Waals surface area contributed by atoms with E-state index in [4.69, 9.17) is 39.2 Å². The summed E-state index contributed by atoms with van der Waals surface area (Å²) in [4.78, 5) is 26.1. The maximum atomic E-state index is 13.1. The second-order valence-electron chi connectivity index (χ2n) is 9.87. The van der Waals surface area contributed by atoms with Crippen molar-refractivity contribution in [2.24, 2.45) is 0 Å². The van der Waals surface area contributed by atoms with Crippen molar-refractivity contribution in [3.63, 3.8) is 0 Å². The van der Waals surface area contributed by atoms with Gasteiger partial charge in [-0.1, -0.05) is 69.4 Å². The van der Waals surface area contributed by atoms with Gasteiger partial charge >= 0.3 is 5.69 Å². The van der Waals surface area contributed by atoms with Crippen molar-refractivity contribution >= 4 is 54.2 Å². The summed E-state index contributed by atoms with van der Waals surface area (Å²) in [5.41, 5.74) is 2.03. The summed E-state index contributed by atoms with van der Waals surface area (Å²) >= 11 is 18.7. The summed E-state index contributed by atoms with van der Waals surface area (Å²) < 4.78 is 7.84. The highest BCUT2D eigenvalue weighted by molar-refractivity contribution is 6.74. The molecule has 0 radical (unpaired) electrons. The predicted molar refractivity (Wildman–Crippen MR) is 139 cm³/mol. The van der Waals surface area contributed by atoms with Crippen LogP contribution in [-0.2, 0) is 10.8 Å². The SMILES string of the molecule is CC(C)c1nccc(CCO[Si](C)(C)C(C)(C)C)c1-n1c(=O)nc(Cl)c2cc(Cl)c(Cl)nc21. The second kappa shape index (κ2) is 9.62. The fourth-order valence-corrected chi connectivity index (χ4v) is 4.84. The van der Waals surface area contributed by atoms with E-state index < -0.39 is 14.0 Å². The average Bonchev–Trinajstić information content (AvgIpc) is 2.69. The zero-order valence-corrected chi connectivity index (χ0v) is 23.2. The van der Waals surface area contributed by atoms with E-state index in [1.807, 2.05) is 19.9 Å². The molecule has 0 aromatic carbocycles. The lowest BCUT2D eigenvalue weighted by Crippen LogP contribution is -2.41. The molecule has 3 aromatic rings. The van der Waals surface area contributed by atoms with Crippen LogP contribution in [0.1, 0.15) is 51.8 Å². The van der Waals surface area contributed by atoms with E-state index in [9.17, 15) is 4.79 Å². The van der Waals surface area contributed by atoms with E-state index in [0.29, 0.717) is 24.1 Å². The number of pyridine rings is 2. The number of hydrogen-bond donors (Lipinski definition) is 0. The number of hydrogen-bond acceptors (Lipinski definition) is 5. The van der Waals surface area contributed by atoms with Gasteiger partial charge in [0, 0.05) is 12.8 Å². The molecule has 0 unspecified atom stereocenters. The Balaban J connectivity index is 2.20. The van der Waals surface area contributed by atoms with E-state index in [1.54, 1.807) is 12.3 Å². The third-order valence-corrected chi connectivity index (χ3v) is 11.7. The minimum Gasteiger partial charge on any atom is -0.416 e. The molecule has 0 spiro atoms. The average molecular weight is 528 g/mol. The number of fused-ring (bicyclic) bond motifs is 1. The Morgan fingerprint density at radius 1 is 1.12 bits per heavy atom. The molecular formula is C23H29Cl3N4O2Si. The van der Waals surface area contributed by atoms with E-state index in [2.05, 4.69) is 48.8 Å². The fourth-order valence-electron chi connectivity index (χ4n) is 3.29. The van der Waals surface area contributed by atoms with Crippen LogP contribution in [0, 0.1) is 0 Å². The highest BCUT2D eigenvalue weighted by Crippen LogP contribution is 2.37. The molecular weight excluding hydrogens is 499 g/mol. The van der Waals surface area contributed by atoms with E-state index in [1.165, 1.54) is 4.57 Å². The van der Waals surface area contributed by atoms with Gasteiger partial charge in [-0.05, 0) is 48.2 Å². The van der Waals surface area contributed by atoms with E-state index >= 15 is 0 Å². The van der Waals surface area contributed by atoms with Gasteiger partial charge in [0.15, 0.2) is 14.0 Å². The maximum absolute atomic E-state index is 13.1. The number of aromatic nitrogens is 4. The first-order valence-corrected chi connectivity index (χ1v) is 14.8. The molecule has 0 bridgehead atoms. The summed E-state index contributed by atoms with van der Waals surface area (Å²) in [6, 6.07) is 3.48. The highest BCUT2D eigenvalue weighted by Gasteiger charge is 2.37. The second-order valence-corrected chi connectivity index (χ2v) is 15.8. The Hall–Kier alpha value is -1.51. The lowest BCUT2D eigenvalue weighted by molar-refractivity contribution is 0.292. The van der Waals surface area contributed by atoms with Gasteiger partial charge in [0.25, 0.3) is 0 Å². The van der Waals surface area contributed by atoms with Gasteiger partial charge in [-0.2, -0.15) is 4.98 Å². The Kier molecular flexibility index (Phi) is 7.61. The van der Waals surface area contributed by atoms with Gasteiger partial charge in [0.2, 0.25) is 0 Å².